The first-order chi connectivity index (χ1) is 10.6. The van der Waals surface area contributed by atoms with Gasteiger partial charge in [-0.25, -0.2) is 14.6 Å². The number of carbonyl (C=O) groups is 1. The van der Waals surface area contributed by atoms with Gasteiger partial charge >= 0.3 is 6.03 Å². The smallest absolute Gasteiger partial charge is 0.332 e. The molecule has 0 aliphatic carbocycles. The van der Waals surface area contributed by atoms with Crippen molar-refractivity contribution >= 4 is 12.2 Å². The first-order valence-corrected chi connectivity index (χ1v) is 7.40. The van der Waals surface area contributed by atoms with Crippen LogP contribution >= 0.6 is 0 Å². The van der Waals surface area contributed by atoms with Gasteiger partial charge in [-0.15, -0.1) is 0 Å². The minimum absolute atomic E-state index is 0.276. The molecule has 0 atom stereocenters. The lowest BCUT2D eigenvalue weighted by Gasteiger charge is -2.34. The van der Waals surface area contributed by atoms with Gasteiger partial charge in [0.15, 0.2) is 0 Å². The van der Waals surface area contributed by atoms with E-state index in [2.05, 4.69) is 27.3 Å². The summed E-state index contributed by atoms with van der Waals surface area (Å²) in [4.78, 5) is 15.3. The summed E-state index contributed by atoms with van der Waals surface area (Å²) in [6.07, 6.45) is 1.49. The lowest BCUT2D eigenvalue weighted by molar-refractivity contribution is 0.132. The Kier molecular flexibility index (Phi) is 5.85. The number of halogens is 1. The molecule has 1 aliphatic rings. The highest BCUT2D eigenvalue weighted by Crippen LogP contribution is 2.14. The van der Waals surface area contributed by atoms with E-state index in [9.17, 15) is 9.18 Å². The second-order valence-electron chi connectivity index (χ2n) is 5.29. The maximum atomic E-state index is 13.5. The molecule has 1 heterocycles. The predicted octanol–water partition coefficient (Wildman–Crippen LogP) is 0.965. The van der Waals surface area contributed by atoms with E-state index in [0.717, 1.165) is 43.9 Å². The van der Waals surface area contributed by atoms with E-state index in [1.807, 2.05) is 0 Å². The van der Waals surface area contributed by atoms with E-state index in [4.69, 9.17) is 5.73 Å². The molecule has 0 spiro atoms. The van der Waals surface area contributed by atoms with Crippen LogP contribution in [-0.4, -0.2) is 54.8 Å². The fourth-order valence-corrected chi connectivity index (χ4v) is 2.51. The van der Waals surface area contributed by atoms with Gasteiger partial charge in [-0.2, -0.15) is 5.10 Å². The zero-order chi connectivity index (χ0) is 15.9. The van der Waals surface area contributed by atoms with Gasteiger partial charge in [0, 0.05) is 32.7 Å². The van der Waals surface area contributed by atoms with Gasteiger partial charge in [-0.1, -0.05) is 13.0 Å². The Hall–Kier alpha value is -1.99. The molecule has 3 N–H and O–H groups in total. The quantitative estimate of drug-likeness (QED) is 0.629. The number of carbonyl (C=O) groups excluding carboxylic acids is 1. The number of likely N-dealkylation sites (N-methyl/N-ethyl adjacent to an activating group) is 1. The number of primary amides is 1. The highest BCUT2D eigenvalue weighted by molar-refractivity contribution is 5.83. The van der Waals surface area contributed by atoms with Gasteiger partial charge in [-0.05, 0) is 29.8 Å². The van der Waals surface area contributed by atoms with Crippen LogP contribution in [0.15, 0.2) is 23.3 Å². The monoisotopic (exact) mass is 307 g/mol. The Balaban J connectivity index is 2.04. The summed E-state index contributed by atoms with van der Waals surface area (Å²) in [6, 6.07) is 3.82. The number of piperazine rings is 1. The molecule has 2 amide bonds. The van der Waals surface area contributed by atoms with Crippen LogP contribution in [0.25, 0.3) is 0 Å². The van der Waals surface area contributed by atoms with Crippen molar-refractivity contribution in [3.05, 3.63) is 35.1 Å². The largest absolute Gasteiger partial charge is 0.350 e. The number of urea groups is 1. The maximum absolute atomic E-state index is 13.5. The minimum atomic E-state index is -0.726. The van der Waals surface area contributed by atoms with Crippen molar-refractivity contribution in [2.45, 2.75) is 13.5 Å². The van der Waals surface area contributed by atoms with Crippen LogP contribution < -0.4 is 11.2 Å². The number of nitrogens with one attached hydrogen (secondary N) is 1. The lowest BCUT2D eigenvalue weighted by atomic mass is 10.1. The molecule has 0 saturated carbocycles. The number of hydrogen-bond donors (Lipinski definition) is 2. The fraction of sp³-hybridized carbons (Fsp3) is 0.467. The zero-order valence-electron chi connectivity index (χ0n) is 12.8. The summed E-state index contributed by atoms with van der Waals surface area (Å²) in [7, 11) is 0. The molecule has 1 aromatic rings. The summed E-state index contributed by atoms with van der Waals surface area (Å²) in [5.41, 5.74) is 8.72. The fourth-order valence-electron chi connectivity index (χ4n) is 2.51. The third-order valence-corrected chi connectivity index (χ3v) is 3.79. The van der Waals surface area contributed by atoms with Crippen LogP contribution in [0.5, 0.6) is 0 Å². The molecule has 1 saturated heterocycles. The SMILES string of the molecule is CCN1CCN(Cc2cc(F)ccc2C=NNC(N)=O)CC1. The standard InChI is InChI=1S/C15H22FN5O/c1-2-20-5-7-21(8-6-20)11-13-9-14(16)4-3-12(13)10-18-19-15(17)22/h3-4,9-10H,2,5-8,11H2,1H3,(H3,17,19,22). The highest BCUT2D eigenvalue weighted by Gasteiger charge is 2.16. The minimum Gasteiger partial charge on any atom is -0.350 e. The molecule has 1 aromatic carbocycles. The number of rotatable bonds is 5. The topological polar surface area (TPSA) is 74.0 Å². The molecule has 120 valence electrons. The Morgan fingerprint density at radius 1 is 1.36 bits per heavy atom. The van der Waals surface area contributed by atoms with Crippen LogP contribution in [0.1, 0.15) is 18.1 Å². The van der Waals surface area contributed by atoms with E-state index >= 15 is 0 Å². The Morgan fingerprint density at radius 2 is 2.05 bits per heavy atom. The van der Waals surface area contributed by atoms with Crippen molar-refractivity contribution in [2.75, 3.05) is 32.7 Å². The second kappa shape index (κ2) is 7.86. The van der Waals surface area contributed by atoms with E-state index in [1.54, 1.807) is 6.07 Å². The molecular weight excluding hydrogens is 285 g/mol. The van der Waals surface area contributed by atoms with Gasteiger partial charge in [0.25, 0.3) is 0 Å². The van der Waals surface area contributed by atoms with Crippen LogP contribution in [0, 0.1) is 5.82 Å². The normalized spacial score (nSPS) is 17.0. The first kappa shape index (κ1) is 16.4. The Morgan fingerprint density at radius 3 is 2.68 bits per heavy atom. The number of hydrazone groups is 1. The second-order valence-corrected chi connectivity index (χ2v) is 5.29. The Bertz CT molecular complexity index is 541. The number of nitrogens with two attached hydrogens (primary N) is 1. The molecule has 0 radical (unpaired) electrons. The van der Waals surface area contributed by atoms with Gasteiger partial charge in [0.05, 0.1) is 6.21 Å². The van der Waals surface area contributed by atoms with Crippen molar-refractivity contribution in [1.29, 1.82) is 0 Å². The zero-order valence-corrected chi connectivity index (χ0v) is 12.8. The molecule has 1 aliphatic heterocycles. The molecule has 22 heavy (non-hydrogen) atoms. The average molecular weight is 307 g/mol. The lowest BCUT2D eigenvalue weighted by Crippen LogP contribution is -2.45. The summed E-state index contributed by atoms with van der Waals surface area (Å²) < 4.78 is 13.5. The summed E-state index contributed by atoms with van der Waals surface area (Å²) in [5, 5.41) is 3.75. The molecule has 7 heteroatoms. The summed E-state index contributed by atoms with van der Waals surface area (Å²) in [5.74, 6) is -0.276. The average Bonchev–Trinajstić information content (AvgIpc) is 2.50. The van der Waals surface area contributed by atoms with Crippen LogP contribution in [0.3, 0.4) is 0 Å². The molecule has 6 nitrogen and oxygen atoms in total. The highest BCUT2D eigenvalue weighted by atomic mass is 19.1. The van der Waals surface area contributed by atoms with Crippen LogP contribution in [-0.2, 0) is 6.54 Å². The van der Waals surface area contributed by atoms with Crippen molar-refractivity contribution in [2.24, 2.45) is 10.8 Å². The van der Waals surface area contributed by atoms with E-state index < -0.39 is 6.03 Å². The van der Waals surface area contributed by atoms with Gasteiger partial charge in [-0.3, -0.25) is 4.90 Å². The van der Waals surface area contributed by atoms with Crippen molar-refractivity contribution < 1.29 is 9.18 Å². The molecule has 0 unspecified atom stereocenters. The van der Waals surface area contributed by atoms with Crippen molar-refractivity contribution in [3.63, 3.8) is 0 Å². The van der Waals surface area contributed by atoms with Crippen LogP contribution in [0.4, 0.5) is 9.18 Å². The number of benzene rings is 1. The number of nitrogens with zero attached hydrogens (tertiary/aromatic N) is 3. The predicted molar refractivity (Wildman–Crippen MR) is 84.1 cm³/mol. The van der Waals surface area contributed by atoms with E-state index in [-0.39, 0.29) is 5.82 Å². The number of hydrogen-bond acceptors (Lipinski definition) is 4. The van der Waals surface area contributed by atoms with E-state index in [0.29, 0.717) is 6.54 Å². The van der Waals surface area contributed by atoms with Crippen molar-refractivity contribution in [3.8, 4) is 0 Å². The van der Waals surface area contributed by atoms with Gasteiger partial charge < -0.3 is 10.6 Å². The van der Waals surface area contributed by atoms with E-state index in [1.165, 1.54) is 18.3 Å². The van der Waals surface area contributed by atoms with Crippen LogP contribution in [0.2, 0.25) is 0 Å². The summed E-state index contributed by atoms with van der Waals surface area (Å²) >= 11 is 0. The molecule has 2 rings (SSSR count). The summed E-state index contributed by atoms with van der Waals surface area (Å²) in [6.45, 7) is 7.85. The third-order valence-electron chi connectivity index (χ3n) is 3.79. The Labute approximate surface area is 129 Å². The first-order valence-electron chi connectivity index (χ1n) is 7.40. The molecule has 0 aromatic heterocycles. The third kappa shape index (κ3) is 4.78. The maximum Gasteiger partial charge on any atom is 0.332 e. The molecule has 1 fully saturated rings. The van der Waals surface area contributed by atoms with Gasteiger partial charge in [0.2, 0.25) is 0 Å². The molecule has 0 bridgehead atoms. The van der Waals surface area contributed by atoms with Crippen molar-refractivity contribution in [1.82, 2.24) is 15.2 Å². The molecular formula is C15H22FN5O. The number of amides is 2. The van der Waals surface area contributed by atoms with Gasteiger partial charge in [0.1, 0.15) is 5.82 Å².